The summed E-state index contributed by atoms with van der Waals surface area (Å²) in [6.07, 6.45) is -2.31. The van der Waals surface area contributed by atoms with Crippen LogP contribution in [0.3, 0.4) is 0 Å². The van der Waals surface area contributed by atoms with E-state index in [-0.39, 0.29) is 11.8 Å². The maximum atomic E-state index is 12.5. The van der Waals surface area contributed by atoms with Gasteiger partial charge in [-0.15, -0.1) is 13.2 Å². The molecule has 0 saturated heterocycles. The van der Waals surface area contributed by atoms with Gasteiger partial charge in [0.05, 0.1) is 0 Å². The number of fused-ring (bicyclic) bond motifs is 1. The van der Waals surface area contributed by atoms with Crippen molar-refractivity contribution in [2.75, 3.05) is 4.90 Å². The summed E-state index contributed by atoms with van der Waals surface area (Å²) in [6, 6.07) is 7.05. The van der Waals surface area contributed by atoms with E-state index in [9.17, 15) is 13.2 Å². The Morgan fingerprint density at radius 3 is 2.43 bits per heavy atom. The highest BCUT2D eigenvalue weighted by atomic mass is 19.4. The molecule has 6 heteroatoms. The summed E-state index contributed by atoms with van der Waals surface area (Å²) in [7, 11) is 0. The summed E-state index contributed by atoms with van der Waals surface area (Å²) in [4.78, 5) is 1.96. The summed E-state index contributed by atoms with van der Waals surface area (Å²) >= 11 is 0. The van der Waals surface area contributed by atoms with Crippen molar-refractivity contribution in [1.82, 2.24) is 0 Å². The van der Waals surface area contributed by atoms with Gasteiger partial charge < -0.3 is 15.4 Å². The van der Waals surface area contributed by atoms with Gasteiger partial charge in [-0.3, -0.25) is 0 Å². The summed E-state index contributed by atoms with van der Waals surface area (Å²) in [5, 5.41) is 0. The fourth-order valence-electron chi connectivity index (χ4n) is 2.73. The van der Waals surface area contributed by atoms with Gasteiger partial charge in [-0.05, 0) is 31.1 Å². The van der Waals surface area contributed by atoms with Gasteiger partial charge in [0.2, 0.25) is 0 Å². The van der Waals surface area contributed by atoms with E-state index in [0.717, 1.165) is 12.8 Å². The molecular weight excluding hydrogens is 281 g/mol. The van der Waals surface area contributed by atoms with Crippen LogP contribution in [0.5, 0.6) is 0 Å². The van der Waals surface area contributed by atoms with Crippen LogP contribution in [0, 0.1) is 0 Å². The Kier molecular flexibility index (Phi) is 4.46. The zero-order valence-electron chi connectivity index (χ0n) is 12.0. The van der Waals surface area contributed by atoms with E-state index in [0.29, 0.717) is 11.3 Å². The molecule has 3 nitrogen and oxygen atoms in total. The van der Waals surface area contributed by atoms with Crippen LogP contribution in [0.1, 0.15) is 32.3 Å². The number of anilines is 1. The molecule has 0 amide bonds. The van der Waals surface area contributed by atoms with E-state index in [1.165, 1.54) is 6.08 Å². The zero-order valence-corrected chi connectivity index (χ0v) is 12.0. The van der Waals surface area contributed by atoms with Gasteiger partial charge in [-0.1, -0.05) is 26.0 Å². The van der Waals surface area contributed by atoms with Gasteiger partial charge in [0.25, 0.3) is 0 Å². The van der Waals surface area contributed by atoms with Gasteiger partial charge in [0, 0.05) is 17.3 Å². The van der Waals surface area contributed by atoms with Crippen molar-refractivity contribution in [3.63, 3.8) is 0 Å². The third kappa shape index (κ3) is 3.32. The quantitative estimate of drug-likeness (QED) is 0.917. The predicted molar refractivity (Wildman–Crippen MR) is 76.4 cm³/mol. The van der Waals surface area contributed by atoms with Crippen LogP contribution in [0.25, 0.3) is 5.76 Å². The highest BCUT2D eigenvalue weighted by Gasteiger charge is 2.36. The average molecular weight is 300 g/mol. The van der Waals surface area contributed by atoms with Crippen molar-refractivity contribution < 1.29 is 17.9 Å². The van der Waals surface area contributed by atoms with Crippen LogP contribution in [0.15, 0.2) is 30.3 Å². The molecule has 0 bridgehead atoms. The van der Waals surface area contributed by atoms with Crippen LogP contribution in [-0.4, -0.2) is 18.6 Å². The highest BCUT2D eigenvalue weighted by molar-refractivity contribution is 5.78. The zero-order chi connectivity index (χ0) is 15.6. The minimum absolute atomic E-state index is 0.171. The first-order chi connectivity index (χ1) is 9.87. The fourth-order valence-corrected chi connectivity index (χ4v) is 2.73. The van der Waals surface area contributed by atoms with Crippen molar-refractivity contribution in [3.8, 4) is 0 Å². The second kappa shape index (κ2) is 5.97. The Bertz CT molecular complexity index is 524. The lowest BCUT2D eigenvalue weighted by Crippen LogP contribution is -2.49. The molecule has 0 radical (unpaired) electrons. The average Bonchev–Trinajstić information content (AvgIpc) is 2.41. The lowest BCUT2D eigenvalue weighted by atomic mass is 10.00. The molecule has 0 saturated carbocycles. The molecule has 0 fully saturated rings. The number of ether oxygens (including phenoxy) is 1. The molecule has 2 rings (SSSR count). The van der Waals surface area contributed by atoms with Crippen LogP contribution >= 0.6 is 0 Å². The number of benzene rings is 1. The number of rotatable bonds is 4. The van der Waals surface area contributed by atoms with Crippen molar-refractivity contribution in [2.45, 2.75) is 45.3 Å². The molecule has 0 aromatic heterocycles. The largest absolute Gasteiger partial charge is 0.573 e. The maximum Gasteiger partial charge on any atom is 0.573 e. The van der Waals surface area contributed by atoms with E-state index in [4.69, 9.17) is 5.73 Å². The topological polar surface area (TPSA) is 38.5 Å². The monoisotopic (exact) mass is 300 g/mol. The van der Waals surface area contributed by atoms with Gasteiger partial charge >= 0.3 is 6.36 Å². The number of alkyl halides is 3. The van der Waals surface area contributed by atoms with Crippen molar-refractivity contribution in [2.24, 2.45) is 5.73 Å². The SMILES string of the molecule is CCC(CC)N1c2ccccc2C(OC(F)(F)F)=CC1N. The molecule has 21 heavy (non-hydrogen) atoms. The second-order valence-electron chi connectivity index (χ2n) is 4.96. The minimum Gasteiger partial charge on any atom is -0.405 e. The normalized spacial score (nSPS) is 18.5. The molecule has 1 unspecified atom stereocenters. The van der Waals surface area contributed by atoms with E-state index in [1.807, 2.05) is 18.7 Å². The van der Waals surface area contributed by atoms with Gasteiger partial charge in [-0.2, -0.15) is 0 Å². The third-order valence-electron chi connectivity index (χ3n) is 3.65. The maximum absolute atomic E-state index is 12.5. The first-order valence-electron chi connectivity index (χ1n) is 6.98. The second-order valence-corrected chi connectivity index (χ2v) is 4.96. The molecular formula is C15H19F3N2O. The Morgan fingerprint density at radius 2 is 1.86 bits per heavy atom. The van der Waals surface area contributed by atoms with E-state index < -0.39 is 12.5 Å². The summed E-state index contributed by atoms with van der Waals surface area (Å²) in [5.41, 5.74) is 7.16. The Hall–Kier alpha value is -1.69. The lowest BCUT2D eigenvalue weighted by Gasteiger charge is -2.40. The number of nitrogens with two attached hydrogens (primary N) is 1. The third-order valence-corrected chi connectivity index (χ3v) is 3.65. The minimum atomic E-state index is -4.73. The summed E-state index contributed by atoms with van der Waals surface area (Å²) < 4.78 is 41.7. The van der Waals surface area contributed by atoms with Crippen LogP contribution in [-0.2, 0) is 4.74 Å². The molecule has 1 aromatic rings. The standard InChI is InChI=1S/C15H19F3N2O/c1-3-10(4-2)20-12-8-6-5-7-11(12)13(9-14(20)19)21-15(16,17)18/h5-10,14H,3-4,19H2,1-2H3. The summed E-state index contributed by atoms with van der Waals surface area (Å²) in [6.45, 7) is 4.07. The van der Waals surface area contributed by atoms with E-state index >= 15 is 0 Å². The number of para-hydroxylation sites is 1. The predicted octanol–water partition coefficient (Wildman–Crippen LogP) is 3.86. The fraction of sp³-hybridized carbons (Fsp3) is 0.467. The van der Waals surface area contributed by atoms with Crippen LogP contribution < -0.4 is 10.6 Å². The smallest absolute Gasteiger partial charge is 0.405 e. The number of halogens is 3. The molecule has 1 heterocycles. The van der Waals surface area contributed by atoms with Crippen LogP contribution in [0.2, 0.25) is 0 Å². The summed E-state index contributed by atoms with van der Waals surface area (Å²) in [5.74, 6) is -0.229. The molecule has 0 spiro atoms. The molecule has 2 N–H and O–H groups in total. The molecule has 1 aliphatic heterocycles. The molecule has 1 aliphatic rings. The van der Waals surface area contributed by atoms with Gasteiger partial charge in [-0.25, -0.2) is 0 Å². The molecule has 0 aliphatic carbocycles. The Labute approximate surface area is 122 Å². The number of hydrogen-bond donors (Lipinski definition) is 1. The van der Waals surface area contributed by atoms with Crippen molar-refractivity contribution in [1.29, 1.82) is 0 Å². The Morgan fingerprint density at radius 1 is 1.24 bits per heavy atom. The highest BCUT2D eigenvalue weighted by Crippen LogP contribution is 2.38. The first-order valence-corrected chi connectivity index (χ1v) is 6.98. The van der Waals surface area contributed by atoms with Crippen molar-refractivity contribution in [3.05, 3.63) is 35.9 Å². The number of hydrogen-bond acceptors (Lipinski definition) is 3. The Balaban J connectivity index is 2.45. The van der Waals surface area contributed by atoms with Crippen LogP contribution in [0.4, 0.5) is 18.9 Å². The number of nitrogens with zero attached hydrogens (tertiary/aromatic N) is 1. The first kappa shape index (κ1) is 15.7. The molecule has 116 valence electrons. The molecule has 1 atom stereocenters. The van der Waals surface area contributed by atoms with Crippen molar-refractivity contribution >= 4 is 11.4 Å². The lowest BCUT2D eigenvalue weighted by molar-refractivity contribution is -0.290. The van der Waals surface area contributed by atoms with E-state index in [1.54, 1.807) is 24.3 Å². The van der Waals surface area contributed by atoms with Gasteiger partial charge in [0.15, 0.2) is 0 Å². The molecule has 1 aromatic carbocycles. The van der Waals surface area contributed by atoms with E-state index in [2.05, 4.69) is 4.74 Å². The van der Waals surface area contributed by atoms with Gasteiger partial charge in [0.1, 0.15) is 11.9 Å².